The van der Waals surface area contributed by atoms with E-state index in [1.54, 1.807) is 32.4 Å². The summed E-state index contributed by atoms with van der Waals surface area (Å²) in [5, 5.41) is 3.19. The lowest BCUT2D eigenvalue weighted by atomic mass is 10.0. The standard InChI is InChI=1S/C15H14ClNO2/c1-17-15(18)11-6-3-5-10(9-11)14-12(16)7-4-8-13(14)19-2/h3-9H,1-2H3,(H,17,18). The molecule has 0 unspecified atom stereocenters. The Morgan fingerprint density at radius 3 is 2.63 bits per heavy atom. The van der Waals surface area contributed by atoms with Gasteiger partial charge in [0.2, 0.25) is 0 Å². The van der Waals surface area contributed by atoms with Gasteiger partial charge in [0.1, 0.15) is 5.75 Å². The average molecular weight is 276 g/mol. The molecule has 0 heterocycles. The van der Waals surface area contributed by atoms with E-state index in [0.29, 0.717) is 16.3 Å². The van der Waals surface area contributed by atoms with Crippen LogP contribution in [-0.2, 0) is 0 Å². The maximum Gasteiger partial charge on any atom is 0.251 e. The predicted octanol–water partition coefficient (Wildman–Crippen LogP) is 3.38. The number of methoxy groups -OCH3 is 1. The highest BCUT2D eigenvalue weighted by atomic mass is 35.5. The SMILES string of the molecule is CNC(=O)c1cccc(-c2c(Cl)cccc2OC)c1. The van der Waals surface area contributed by atoms with Crippen LogP contribution in [-0.4, -0.2) is 20.1 Å². The Hall–Kier alpha value is -2.00. The lowest BCUT2D eigenvalue weighted by Crippen LogP contribution is -2.17. The summed E-state index contributed by atoms with van der Waals surface area (Å²) < 4.78 is 5.32. The summed E-state index contributed by atoms with van der Waals surface area (Å²) in [6.45, 7) is 0. The van der Waals surface area contributed by atoms with Crippen LogP contribution in [0.5, 0.6) is 5.75 Å². The number of carbonyl (C=O) groups excluding carboxylic acids is 1. The van der Waals surface area contributed by atoms with Crippen LogP contribution in [0.15, 0.2) is 42.5 Å². The third-order valence-electron chi connectivity index (χ3n) is 2.84. The lowest BCUT2D eigenvalue weighted by molar-refractivity contribution is 0.0963. The van der Waals surface area contributed by atoms with Gasteiger partial charge < -0.3 is 10.1 Å². The molecule has 4 heteroatoms. The fourth-order valence-electron chi connectivity index (χ4n) is 1.91. The van der Waals surface area contributed by atoms with E-state index in [1.165, 1.54) is 0 Å². The van der Waals surface area contributed by atoms with Crippen LogP contribution >= 0.6 is 11.6 Å². The molecular weight excluding hydrogens is 262 g/mol. The van der Waals surface area contributed by atoms with E-state index in [0.717, 1.165) is 11.1 Å². The van der Waals surface area contributed by atoms with Crippen LogP contribution in [0.4, 0.5) is 0 Å². The van der Waals surface area contributed by atoms with Crippen molar-refractivity contribution >= 4 is 17.5 Å². The van der Waals surface area contributed by atoms with Crippen molar-refractivity contribution in [2.45, 2.75) is 0 Å². The van der Waals surface area contributed by atoms with Crippen LogP contribution in [0.1, 0.15) is 10.4 Å². The monoisotopic (exact) mass is 275 g/mol. The zero-order valence-electron chi connectivity index (χ0n) is 10.7. The molecule has 0 aliphatic heterocycles. The van der Waals surface area contributed by atoms with E-state index in [4.69, 9.17) is 16.3 Å². The van der Waals surface area contributed by atoms with Crippen molar-refractivity contribution in [3.63, 3.8) is 0 Å². The molecule has 1 amide bonds. The molecule has 2 rings (SSSR count). The highest BCUT2D eigenvalue weighted by molar-refractivity contribution is 6.33. The van der Waals surface area contributed by atoms with Gasteiger partial charge in [0.15, 0.2) is 0 Å². The minimum Gasteiger partial charge on any atom is -0.496 e. The van der Waals surface area contributed by atoms with E-state index in [2.05, 4.69) is 5.32 Å². The Morgan fingerprint density at radius 2 is 1.95 bits per heavy atom. The van der Waals surface area contributed by atoms with Gasteiger partial charge in [0, 0.05) is 18.2 Å². The van der Waals surface area contributed by atoms with E-state index in [1.807, 2.05) is 24.3 Å². The van der Waals surface area contributed by atoms with E-state index >= 15 is 0 Å². The predicted molar refractivity (Wildman–Crippen MR) is 76.8 cm³/mol. The van der Waals surface area contributed by atoms with Crippen molar-refractivity contribution in [2.24, 2.45) is 0 Å². The van der Waals surface area contributed by atoms with Gasteiger partial charge in [-0.05, 0) is 29.8 Å². The number of ether oxygens (including phenoxy) is 1. The number of halogens is 1. The van der Waals surface area contributed by atoms with Crippen molar-refractivity contribution in [1.29, 1.82) is 0 Å². The summed E-state index contributed by atoms with van der Waals surface area (Å²) in [7, 11) is 3.20. The number of hydrogen-bond donors (Lipinski definition) is 1. The average Bonchev–Trinajstić information content (AvgIpc) is 2.46. The van der Waals surface area contributed by atoms with Crippen LogP contribution in [0.3, 0.4) is 0 Å². The highest BCUT2D eigenvalue weighted by Crippen LogP contribution is 2.36. The van der Waals surface area contributed by atoms with Crippen molar-refractivity contribution in [3.05, 3.63) is 53.1 Å². The fourth-order valence-corrected chi connectivity index (χ4v) is 2.19. The first-order chi connectivity index (χ1) is 9.17. The second kappa shape index (κ2) is 5.76. The molecule has 0 atom stereocenters. The molecule has 0 fully saturated rings. The summed E-state index contributed by atoms with van der Waals surface area (Å²) in [6, 6.07) is 12.7. The molecule has 0 spiro atoms. The van der Waals surface area contributed by atoms with Crippen LogP contribution < -0.4 is 10.1 Å². The van der Waals surface area contributed by atoms with Gasteiger partial charge in [-0.3, -0.25) is 4.79 Å². The van der Waals surface area contributed by atoms with Gasteiger partial charge in [-0.25, -0.2) is 0 Å². The molecule has 19 heavy (non-hydrogen) atoms. The summed E-state index contributed by atoms with van der Waals surface area (Å²) >= 11 is 6.23. The Morgan fingerprint density at radius 1 is 1.21 bits per heavy atom. The molecule has 0 aliphatic rings. The molecule has 0 radical (unpaired) electrons. The van der Waals surface area contributed by atoms with Crippen LogP contribution in [0.25, 0.3) is 11.1 Å². The summed E-state index contributed by atoms with van der Waals surface area (Å²) in [5.41, 5.74) is 2.22. The molecule has 0 aromatic heterocycles. The second-order valence-electron chi connectivity index (χ2n) is 3.98. The van der Waals surface area contributed by atoms with Crippen LogP contribution in [0, 0.1) is 0 Å². The van der Waals surface area contributed by atoms with E-state index < -0.39 is 0 Å². The molecule has 0 aliphatic carbocycles. The number of rotatable bonds is 3. The third kappa shape index (κ3) is 2.71. The first-order valence-corrected chi connectivity index (χ1v) is 6.20. The fraction of sp³-hybridized carbons (Fsp3) is 0.133. The Labute approximate surface area is 117 Å². The topological polar surface area (TPSA) is 38.3 Å². The Bertz CT molecular complexity index is 611. The quantitative estimate of drug-likeness (QED) is 0.933. The van der Waals surface area contributed by atoms with E-state index in [9.17, 15) is 4.79 Å². The maximum atomic E-state index is 11.7. The zero-order chi connectivity index (χ0) is 13.8. The molecule has 2 aromatic carbocycles. The van der Waals surface area contributed by atoms with E-state index in [-0.39, 0.29) is 5.91 Å². The minimum atomic E-state index is -0.132. The zero-order valence-corrected chi connectivity index (χ0v) is 11.5. The van der Waals surface area contributed by atoms with Crippen LogP contribution in [0.2, 0.25) is 5.02 Å². The number of benzene rings is 2. The maximum absolute atomic E-state index is 11.7. The number of hydrogen-bond acceptors (Lipinski definition) is 2. The van der Waals surface area contributed by atoms with Gasteiger partial charge in [-0.2, -0.15) is 0 Å². The van der Waals surface area contributed by atoms with Crippen molar-refractivity contribution < 1.29 is 9.53 Å². The second-order valence-corrected chi connectivity index (χ2v) is 4.38. The first kappa shape index (κ1) is 13.4. The molecule has 2 aromatic rings. The number of nitrogens with one attached hydrogen (secondary N) is 1. The minimum absolute atomic E-state index is 0.132. The summed E-state index contributed by atoms with van der Waals surface area (Å²) in [4.78, 5) is 11.7. The van der Waals surface area contributed by atoms with Crippen molar-refractivity contribution in [1.82, 2.24) is 5.32 Å². The third-order valence-corrected chi connectivity index (χ3v) is 3.15. The smallest absolute Gasteiger partial charge is 0.251 e. The number of amides is 1. The molecular formula is C15H14ClNO2. The first-order valence-electron chi connectivity index (χ1n) is 5.82. The molecule has 98 valence electrons. The van der Waals surface area contributed by atoms with Gasteiger partial charge in [-0.1, -0.05) is 29.8 Å². The molecule has 0 saturated carbocycles. The van der Waals surface area contributed by atoms with Gasteiger partial charge in [-0.15, -0.1) is 0 Å². The van der Waals surface area contributed by atoms with Gasteiger partial charge in [0.05, 0.1) is 12.1 Å². The summed E-state index contributed by atoms with van der Waals surface area (Å²) in [5.74, 6) is 0.550. The number of carbonyl (C=O) groups is 1. The highest BCUT2D eigenvalue weighted by Gasteiger charge is 2.12. The van der Waals surface area contributed by atoms with Gasteiger partial charge >= 0.3 is 0 Å². The molecule has 0 bridgehead atoms. The van der Waals surface area contributed by atoms with Crippen molar-refractivity contribution in [2.75, 3.05) is 14.2 Å². The largest absolute Gasteiger partial charge is 0.496 e. The normalized spacial score (nSPS) is 10.1. The molecule has 0 saturated heterocycles. The Kier molecular flexibility index (Phi) is 4.07. The van der Waals surface area contributed by atoms with Gasteiger partial charge in [0.25, 0.3) is 5.91 Å². The molecule has 1 N–H and O–H groups in total. The Balaban J connectivity index is 2.56. The lowest BCUT2D eigenvalue weighted by Gasteiger charge is -2.11. The molecule has 3 nitrogen and oxygen atoms in total. The van der Waals surface area contributed by atoms with Crippen molar-refractivity contribution in [3.8, 4) is 16.9 Å². The summed E-state index contributed by atoms with van der Waals surface area (Å²) in [6.07, 6.45) is 0.